The monoisotopic (exact) mass is 383 g/mol. The van der Waals surface area contributed by atoms with Crippen LogP contribution in [0.25, 0.3) is 0 Å². The molecular weight excluding hydrogens is 354 g/mol. The number of hydrogen-bond donors (Lipinski definition) is 1. The number of ether oxygens (including phenoxy) is 1. The average molecular weight is 383 g/mol. The Bertz CT molecular complexity index is 836. The fourth-order valence-corrected chi connectivity index (χ4v) is 2.86. The van der Waals surface area contributed by atoms with Gasteiger partial charge in [0, 0.05) is 19.3 Å². The van der Waals surface area contributed by atoms with Crippen molar-refractivity contribution in [2.24, 2.45) is 0 Å². The molecule has 1 N–H and O–H groups in total. The minimum atomic E-state index is -0.139. The maximum Gasteiger partial charge on any atom is 0.238 e. The third kappa shape index (κ3) is 6.09. The van der Waals surface area contributed by atoms with Crippen molar-refractivity contribution in [2.45, 2.75) is 20.4 Å². The summed E-state index contributed by atoms with van der Waals surface area (Å²) in [5, 5.41) is 2.92. The molecule has 2 amide bonds. The molecule has 150 valence electrons. The molecule has 0 unspecified atom stereocenters. The molecular formula is C22H29N3O3. The fraction of sp³-hybridized carbons (Fsp3) is 0.364. The van der Waals surface area contributed by atoms with E-state index in [-0.39, 0.29) is 24.9 Å². The number of carbonyl (C=O) groups excluding carboxylic acids is 2. The normalized spacial score (nSPS) is 10.6. The van der Waals surface area contributed by atoms with E-state index in [9.17, 15) is 9.59 Å². The molecule has 0 saturated heterocycles. The van der Waals surface area contributed by atoms with Crippen molar-refractivity contribution in [2.75, 3.05) is 39.6 Å². The number of methoxy groups -OCH3 is 1. The summed E-state index contributed by atoms with van der Waals surface area (Å²) < 4.78 is 5.21. The molecule has 6 nitrogen and oxygen atoms in total. The number of hydrogen-bond acceptors (Lipinski definition) is 4. The molecule has 0 aliphatic heterocycles. The van der Waals surface area contributed by atoms with Gasteiger partial charge in [-0.15, -0.1) is 0 Å². The van der Waals surface area contributed by atoms with E-state index in [2.05, 4.69) is 5.32 Å². The molecule has 0 spiro atoms. The first-order chi connectivity index (χ1) is 13.3. The largest absolute Gasteiger partial charge is 0.497 e. The molecule has 0 saturated carbocycles. The minimum absolute atomic E-state index is 0.0511. The lowest BCUT2D eigenvalue weighted by Crippen LogP contribution is -2.39. The van der Waals surface area contributed by atoms with E-state index in [0.717, 1.165) is 28.1 Å². The molecule has 28 heavy (non-hydrogen) atoms. The van der Waals surface area contributed by atoms with E-state index < -0.39 is 0 Å². The SMILES string of the molecule is COc1cccc(CN(C)C(=O)CN(C)CC(=O)Nc2cccc(C)c2C)c1. The summed E-state index contributed by atoms with van der Waals surface area (Å²) >= 11 is 0. The number of anilines is 1. The van der Waals surface area contributed by atoms with E-state index in [1.807, 2.05) is 56.3 Å². The highest BCUT2D eigenvalue weighted by Crippen LogP contribution is 2.18. The van der Waals surface area contributed by atoms with Crippen molar-refractivity contribution >= 4 is 17.5 Å². The molecule has 0 aromatic heterocycles. The fourth-order valence-electron chi connectivity index (χ4n) is 2.86. The summed E-state index contributed by atoms with van der Waals surface area (Å²) in [7, 11) is 5.14. The molecule has 2 aromatic carbocycles. The minimum Gasteiger partial charge on any atom is -0.497 e. The van der Waals surface area contributed by atoms with Crippen molar-refractivity contribution in [3.05, 3.63) is 59.2 Å². The van der Waals surface area contributed by atoms with Gasteiger partial charge < -0.3 is 15.0 Å². The Morgan fingerprint density at radius 3 is 2.46 bits per heavy atom. The van der Waals surface area contributed by atoms with Gasteiger partial charge in [-0.05, 0) is 55.8 Å². The number of rotatable bonds is 8. The second-order valence-corrected chi connectivity index (χ2v) is 7.07. The van der Waals surface area contributed by atoms with Crippen LogP contribution in [-0.2, 0) is 16.1 Å². The first kappa shape index (κ1) is 21.4. The zero-order chi connectivity index (χ0) is 20.7. The standard InChI is InChI=1S/C22H29N3O3/c1-16-8-6-11-20(17(16)2)23-21(26)14-24(3)15-22(27)25(4)13-18-9-7-10-19(12-18)28-5/h6-12H,13-15H2,1-5H3,(H,23,26). The van der Waals surface area contributed by atoms with Crippen LogP contribution in [0.4, 0.5) is 5.69 Å². The van der Waals surface area contributed by atoms with Crippen molar-refractivity contribution in [3.63, 3.8) is 0 Å². The summed E-state index contributed by atoms with van der Waals surface area (Å²) in [6.45, 7) is 4.78. The zero-order valence-corrected chi connectivity index (χ0v) is 17.3. The highest BCUT2D eigenvalue weighted by atomic mass is 16.5. The van der Waals surface area contributed by atoms with Crippen LogP contribution in [0.1, 0.15) is 16.7 Å². The van der Waals surface area contributed by atoms with Crippen molar-refractivity contribution in [3.8, 4) is 5.75 Å². The first-order valence-electron chi connectivity index (χ1n) is 9.21. The molecule has 6 heteroatoms. The topological polar surface area (TPSA) is 61.9 Å². The van der Waals surface area contributed by atoms with Crippen LogP contribution in [0.3, 0.4) is 0 Å². The Labute approximate surface area is 167 Å². The van der Waals surface area contributed by atoms with Crippen molar-refractivity contribution in [1.82, 2.24) is 9.80 Å². The van der Waals surface area contributed by atoms with Crippen LogP contribution >= 0.6 is 0 Å². The van der Waals surface area contributed by atoms with Crippen LogP contribution in [0.15, 0.2) is 42.5 Å². The summed E-state index contributed by atoms with van der Waals surface area (Å²) in [6.07, 6.45) is 0. The number of likely N-dealkylation sites (N-methyl/N-ethyl adjacent to an activating group) is 2. The van der Waals surface area contributed by atoms with E-state index >= 15 is 0 Å². The van der Waals surface area contributed by atoms with Gasteiger partial charge in [-0.3, -0.25) is 14.5 Å². The average Bonchev–Trinajstić information content (AvgIpc) is 2.65. The molecule has 0 atom stereocenters. The predicted octanol–water partition coefficient (Wildman–Crippen LogP) is 2.84. The Kier molecular flexibility index (Phi) is 7.58. The van der Waals surface area contributed by atoms with Gasteiger partial charge in [0.2, 0.25) is 11.8 Å². The lowest BCUT2D eigenvalue weighted by molar-refractivity contribution is -0.131. The summed E-state index contributed by atoms with van der Waals surface area (Å²) in [5.41, 5.74) is 3.97. The number of nitrogens with one attached hydrogen (secondary N) is 1. The van der Waals surface area contributed by atoms with Crippen LogP contribution in [0, 0.1) is 13.8 Å². The van der Waals surface area contributed by atoms with Gasteiger partial charge in [0.15, 0.2) is 0 Å². The molecule has 0 radical (unpaired) electrons. The highest BCUT2D eigenvalue weighted by Gasteiger charge is 2.15. The van der Waals surface area contributed by atoms with Gasteiger partial charge in [-0.2, -0.15) is 0 Å². The zero-order valence-electron chi connectivity index (χ0n) is 17.3. The number of nitrogens with zero attached hydrogens (tertiary/aromatic N) is 2. The quantitative estimate of drug-likeness (QED) is 0.761. The maximum absolute atomic E-state index is 12.5. The van der Waals surface area contributed by atoms with E-state index in [1.165, 1.54) is 0 Å². The van der Waals surface area contributed by atoms with Crippen LogP contribution < -0.4 is 10.1 Å². The van der Waals surface area contributed by atoms with Gasteiger partial charge in [-0.1, -0.05) is 24.3 Å². The summed E-state index contributed by atoms with van der Waals surface area (Å²) in [6, 6.07) is 13.4. The molecule has 2 rings (SSSR count). The van der Waals surface area contributed by atoms with Gasteiger partial charge in [0.1, 0.15) is 5.75 Å². The smallest absolute Gasteiger partial charge is 0.238 e. The Hall–Kier alpha value is -2.86. The second-order valence-electron chi connectivity index (χ2n) is 7.07. The summed E-state index contributed by atoms with van der Waals surface area (Å²) in [5.74, 6) is 0.572. The molecule has 0 heterocycles. The van der Waals surface area contributed by atoms with Crippen LogP contribution in [-0.4, -0.2) is 55.9 Å². The van der Waals surface area contributed by atoms with E-state index in [4.69, 9.17) is 4.74 Å². The first-order valence-corrected chi connectivity index (χ1v) is 9.21. The third-order valence-corrected chi connectivity index (χ3v) is 4.68. The predicted molar refractivity (Wildman–Crippen MR) is 112 cm³/mol. The lowest BCUT2D eigenvalue weighted by Gasteiger charge is -2.22. The van der Waals surface area contributed by atoms with Gasteiger partial charge in [0.05, 0.1) is 20.2 Å². The highest BCUT2D eigenvalue weighted by molar-refractivity contribution is 5.93. The number of carbonyl (C=O) groups is 2. The third-order valence-electron chi connectivity index (χ3n) is 4.68. The molecule has 0 aliphatic rings. The second kappa shape index (κ2) is 9.90. The number of aryl methyl sites for hydroxylation is 1. The van der Waals surface area contributed by atoms with Crippen LogP contribution in [0.2, 0.25) is 0 Å². The van der Waals surface area contributed by atoms with E-state index in [0.29, 0.717) is 6.54 Å². The maximum atomic E-state index is 12.5. The van der Waals surface area contributed by atoms with Gasteiger partial charge in [-0.25, -0.2) is 0 Å². The Morgan fingerprint density at radius 2 is 1.75 bits per heavy atom. The molecule has 2 aromatic rings. The van der Waals surface area contributed by atoms with Gasteiger partial charge >= 0.3 is 0 Å². The lowest BCUT2D eigenvalue weighted by atomic mass is 10.1. The van der Waals surface area contributed by atoms with Gasteiger partial charge in [0.25, 0.3) is 0 Å². The number of benzene rings is 2. The summed E-state index contributed by atoms with van der Waals surface area (Å²) in [4.78, 5) is 28.1. The Balaban J connectivity index is 1.85. The Morgan fingerprint density at radius 1 is 1.04 bits per heavy atom. The van der Waals surface area contributed by atoms with Crippen LogP contribution in [0.5, 0.6) is 5.75 Å². The van der Waals surface area contributed by atoms with E-state index in [1.54, 1.807) is 31.0 Å². The van der Waals surface area contributed by atoms with Crippen molar-refractivity contribution < 1.29 is 14.3 Å². The number of amides is 2. The van der Waals surface area contributed by atoms with Crippen molar-refractivity contribution in [1.29, 1.82) is 0 Å². The molecule has 0 aliphatic carbocycles. The molecule has 0 fully saturated rings. The molecule has 0 bridgehead atoms.